The second kappa shape index (κ2) is 5.60. The third kappa shape index (κ3) is 2.94. The van der Waals surface area contributed by atoms with Crippen LogP contribution < -0.4 is 5.32 Å². The SMILES string of the molecule is O=C(Nc1cnc(C2CC2)nc1)c1cccc(-n2cccn2)n1. The van der Waals surface area contributed by atoms with Gasteiger partial charge in [-0.3, -0.25) is 4.79 Å². The van der Waals surface area contributed by atoms with E-state index in [0.717, 1.165) is 18.7 Å². The summed E-state index contributed by atoms with van der Waals surface area (Å²) in [7, 11) is 0. The van der Waals surface area contributed by atoms with Crippen LogP contribution in [0.4, 0.5) is 5.69 Å². The van der Waals surface area contributed by atoms with Crippen molar-refractivity contribution in [3.05, 3.63) is 60.6 Å². The van der Waals surface area contributed by atoms with Gasteiger partial charge in [0.25, 0.3) is 5.91 Å². The Labute approximate surface area is 132 Å². The summed E-state index contributed by atoms with van der Waals surface area (Å²) in [6, 6.07) is 7.01. The van der Waals surface area contributed by atoms with Crippen LogP contribution in [0.2, 0.25) is 0 Å². The van der Waals surface area contributed by atoms with Gasteiger partial charge < -0.3 is 5.32 Å². The van der Waals surface area contributed by atoms with Crippen LogP contribution in [-0.2, 0) is 0 Å². The molecule has 1 amide bonds. The first-order valence-corrected chi connectivity index (χ1v) is 7.40. The molecule has 1 fully saturated rings. The molecule has 3 heterocycles. The zero-order valence-corrected chi connectivity index (χ0v) is 12.3. The predicted molar refractivity (Wildman–Crippen MR) is 83.3 cm³/mol. The fraction of sp³-hybridized carbons (Fsp3) is 0.188. The van der Waals surface area contributed by atoms with Gasteiger partial charge in [-0.25, -0.2) is 19.6 Å². The van der Waals surface area contributed by atoms with Crippen molar-refractivity contribution in [2.24, 2.45) is 0 Å². The lowest BCUT2D eigenvalue weighted by molar-refractivity contribution is 0.102. The van der Waals surface area contributed by atoms with E-state index in [0.29, 0.717) is 23.1 Å². The molecule has 114 valence electrons. The number of carbonyl (C=O) groups excluding carboxylic acids is 1. The number of carbonyl (C=O) groups is 1. The van der Waals surface area contributed by atoms with E-state index in [1.54, 1.807) is 53.7 Å². The average Bonchev–Trinajstić information content (AvgIpc) is 3.29. The topological polar surface area (TPSA) is 85.6 Å². The van der Waals surface area contributed by atoms with Crippen molar-refractivity contribution in [3.8, 4) is 5.82 Å². The summed E-state index contributed by atoms with van der Waals surface area (Å²) in [5, 5.41) is 6.87. The first-order chi connectivity index (χ1) is 11.3. The van der Waals surface area contributed by atoms with Crippen molar-refractivity contribution >= 4 is 11.6 Å². The average molecular weight is 306 g/mol. The van der Waals surface area contributed by atoms with Gasteiger partial charge in [0.1, 0.15) is 11.5 Å². The fourth-order valence-corrected chi connectivity index (χ4v) is 2.23. The monoisotopic (exact) mass is 306 g/mol. The van der Waals surface area contributed by atoms with E-state index in [-0.39, 0.29) is 5.91 Å². The van der Waals surface area contributed by atoms with Crippen LogP contribution in [0.25, 0.3) is 5.82 Å². The molecule has 0 saturated heterocycles. The van der Waals surface area contributed by atoms with Gasteiger partial charge in [0.05, 0.1) is 18.1 Å². The van der Waals surface area contributed by atoms with Gasteiger partial charge in [0, 0.05) is 18.3 Å². The largest absolute Gasteiger partial charge is 0.318 e. The maximum Gasteiger partial charge on any atom is 0.274 e. The fourth-order valence-electron chi connectivity index (χ4n) is 2.23. The Balaban J connectivity index is 1.51. The van der Waals surface area contributed by atoms with Crippen molar-refractivity contribution in [3.63, 3.8) is 0 Å². The normalized spacial score (nSPS) is 13.7. The summed E-state index contributed by atoms with van der Waals surface area (Å²) in [5.41, 5.74) is 0.870. The molecule has 0 bridgehead atoms. The lowest BCUT2D eigenvalue weighted by Crippen LogP contribution is -2.15. The van der Waals surface area contributed by atoms with Gasteiger partial charge in [0.15, 0.2) is 5.82 Å². The second-order valence-corrected chi connectivity index (χ2v) is 5.39. The highest BCUT2D eigenvalue weighted by Crippen LogP contribution is 2.37. The van der Waals surface area contributed by atoms with Crippen molar-refractivity contribution in [2.75, 3.05) is 5.32 Å². The first kappa shape index (κ1) is 13.6. The summed E-state index contributed by atoms with van der Waals surface area (Å²) < 4.78 is 1.60. The number of pyridine rings is 1. The predicted octanol–water partition coefficient (Wildman–Crippen LogP) is 2.19. The number of rotatable bonds is 4. The van der Waals surface area contributed by atoms with Gasteiger partial charge in [0.2, 0.25) is 0 Å². The lowest BCUT2D eigenvalue weighted by Gasteiger charge is -2.06. The number of hydrogen-bond acceptors (Lipinski definition) is 5. The minimum absolute atomic E-state index is 0.304. The highest BCUT2D eigenvalue weighted by Gasteiger charge is 2.26. The van der Waals surface area contributed by atoms with Gasteiger partial charge in [-0.1, -0.05) is 6.07 Å². The molecular weight excluding hydrogens is 292 g/mol. The third-order valence-electron chi connectivity index (χ3n) is 3.58. The smallest absolute Gasteiger partial charge is 0.274 e. The summed E-state index contributed by atoms with van der Waals surface area (Å²) in [6.07, 6.45) is 9.00. The van der Waals surface area contributed by atoms with Crippen LogP contribution in [0.5, 0.6) is 0 Å². The summed E-state index contributed by atoms with van der Waals surface area (Å²) in [5.74, 6) is 1.62. The molecule has 23 heavy (non-hydrogen) atoms. The van der Waals surface area contributed by atoms with E-state index in [9.17, 15) is 4.79 Å². The van der Waals surface area contributed by atoms with E-state index in [2.05, 4.69) is 25.4 Å². The molecule has 3 aromatic rings. The molecule has 0 unspecified atom stereocenters. The first-order valence-electron chi connectivity index (χ1n) is 7.40. The minimum atomic E-state index is -0.304. The van der Waals surface area contributed by atoms with Crippen LogP contribution in [0.3, 0.4) is 0 Å². The molecule has 0 radical (unpaired) electrons. The number of nitrogens with zero attached hydrogens (tertiary/aromatic N) is 5. The van der Waals surface area contributed by atoms with E-state index < -0.39 is 0 Å². The Kier molecular flexibility index (Phi) is 3.30. The Bertz CT molecular complexity index is 824. The second-order valence-electron chi connectivity index (χ2n) is 5.39. The van der Waals surface area contributed by atoms with Crippen LogP contribution in [0.15, 0.2) is 49.1 Å². The highest BCUT2D eigenvalue weighted by atomic mass is 16.1. The summed E-state index contributed by atoms with van der Waals surface area (Å²) >= 11 is 0. The van der Waals surface area contributed by atoms with Gasteiger partial charge in [-0.2, -0.15) is 5.10 Å². The standard InChI is InChI=1S/C16H14N6O/c23-16(20-12-9-17-15(18-10-12)11-5-6-11)13-3-1-4-14(21-13)22-8-2-7-19-22/h1-4,7-11H,5-6H2,(H,20,23). The van der Waals surface area contributed by atoms with Gasteiger partial charge in [-0.05, 0) is 31.0 Å². The zero-order chi connectivity index (χ0) is 15.6. The number of nitrogens with one attached hydrogen (secondary N) is 1. The molecule has 1 saturated carbocycles. The number of anilines is 1. The molecule has 7 nitrogen and oxygen atoms in total. The Hall–Kier alpha value is -3.09. The van der Waals surface area contributed by atoms with Crippen molar-refractivity contribution in [2.45, 2.75) is 18.8 Å². The number of hydrogen-bond donors (Lipinski definition) is 1. The van der Waals surface area contributed by atoms with E-state index in [1.807, 2.05) is 0 Å². The van der Waals surface area contributed by atoms with E-state index in [4.69, 9.17) is 0 Å². The van der Waals surface area contributed by atoms with Crippen molar-refractivity contribution in [1.82, 2.24) is 24.7 Å². The maximum absolute atomic E-state index is 12.3. The molecule has 0 aromatic carbocycles. The molecule has 0 spiro atoms. The molecule has 7 heteroatoms. The summed E-state index contributed by atoms with van der Waals surface area (Å²) in [4.78, 5) is 25.2. The molecule has 1 aliphatic carbocycles. The van der Waals surface area contributed by atoms with Crippen LogP contribution in [0, 0.1) is 0 Å². The van der Waals surface area contributed by atoms with Crippen LogP contribution >= 0.6 is 0 Å². The Morgan fingerprint density at radius 2 is 2.00 bits per heavy atom. The molecule has 1 aliphatic rings. The Morgan fingerprint density at radius 1 is 1.17 bits per heavy atom. The molecule has 0 atom stereocenters. The van der Waals surface area contributed by atoms with Crippen molar-refractivity contribution < 1.29 is 4.79 Å². The third-order valence-corrected chi connectivity index (χ3v) is 3.58. The van der Waals surface area contributed by atoms with E-state index in [1.165, 1.54) is 0 Å². The summed E-state index contributed by atoms with van der Waals surface area (Å²) in [6.45, 7) is 0. The van der Waals surface area contributed by atoms with Crippen LogP contribution in [0.1, 0.15) is 35.1 Å². The number of amides is 1. The number of aromatic nitrogens is 5. The van der Waals surface area contributed by atoms with E-state index >= 15 is 0 Å². The quantitative estimate of drug-likeness (QED) is 0.798. The molecule has 1 N–H and O–H groups in total. The van der Waals surface area contributed by atoms with Gasteiger partial charge in [-0.15, -0.1) is 0 Å². The highest BCUT2D eigenvalue weighted by molar-refractivity contribution is 6.02. The molecule has 4 rings (SSSR count). The van der Waals surface area contributed by atoms with Crippen molar-refractivity contribution in [1.29, 1.82) is 0 Å². The van der Waals surface area contributed by atoms with Gasteiger partial charge >= 0.3 is 0 Å². The molecule has 3 aromatic heterocycles. The zero-order valence-electron chi connectivity index (χ0n) is 12.3. The Morgan fingerprint density at radius 3 is 2.70 bits per heavy atom. The maximum atomic E-state index is 12.3. The lowest BCUT2D eigenvalue weighted by atomic mass is 10.3. The molecular formula is C16H14N6O. The minimum Gasteiger partial charge on any atom is -0.318 e. The molecule has 0 aliphatic heterocycles. The van der Waals surface area contributed by atoms with Crippen LogP contribution in [-0.4, -0.2) is 30.6 Å².